The van der Waals surface area contributed by atoms with Crippen LogP contribution in [0, 0.1) is 11.3 Å². The number of aromatic hydroxyl groups is 1. The van der Waals surface area contributed by atoms with E-state index in [2.05, 4.69) is 13.0 Å². The number of carbonyl (C=O) groups excluding carboxylic acids is 1. The second-order valence-electron chi connectivity index (χ2n) is 8.76. The van der Waals surface area contributed by atoms with Gasteiger partial charge in [0.2, 0.25) is 0 Å². The number of phenols is 1. The molecule has 0 radical (unpaired) electrons. The van der Waals surface area contributed by atoms with Crippen molar-refractivity contribution in [3.8, 4) is 29.1 Å². The minimum absolute atomic E-state index is 0.0225. The third-order valence-electron chi connectivity index (χ3n) is 6.07. The number of allylic oxidation sites excluding steroid dienone is 1. The molecule has 0 aliphatic carbocycles. The number of nitrogens with zero attached hydrogens (tertiary/aromatic N) is 1. The Kier molecular flexibility index (Phi) is 9.60. The fraction of sp³-hybridized carbons (Fsp3) is 0.448. The fourth-order valence-corrected chi connectivity index (χ4v) is 4.37. The van der Waals surface area contributed by atoms with Gasteiger partial charge in [0.05, 0.1) is 24.8 Å². The summed E-state index contributed by atoms with van der Waals surface area (Å²) in [7, 11) is 0. The van der Waals surface area contributed by atoms with Gasteiger partial charge in [-0.15, -0.1) is 0 Å². The highest BCUT2D eigenvalue weighted by Crippen LogP contribution is 2.38. The minimum atomic E-state index is -0.163. The predicted octanol–water partition coefficient (Wildman–Crippen LogP) is 6.12. The van der Waals surface area contributed by atoms with Crippen LogP contribution in [0.15, 0.2) is 36.4 Å². The van der Waals surface area contributed by atoms with Crippen LogP contribution in [0.4, 0.5) is 0 Å². The lowest BCUT2D eigenvalue weighted by atomic mass is 9.96. The number of phenolic OH excluding ortho intramolecular Hbond substituents is 1. The maximum Gasteiger partial charge on any atom is 0.163 e. The topological polar surface area (TPSA) is 88.8 Å². The molecule has 0 saturated heterocycles. The van der Waals surface area contributed by atoms with Gasteiger partial charge in [-0.25, -0.2) is 0 Å². The number of hydrogen-bond donors (Lipinski definition) is 1. The summed E-state index contributed by atoms with van der Waals surface area (Å²) < 4.78 is 18.3. The molecule has 0 fully saturated rings. The Morgan fingerprint density at radius 3 is 2.43 bits per heavy atom. The van der Waals surface area contributed by atoms with Crippen molar-refractivity contribution < 1.29 is 24.1 Å². The summed E-state index contributed by atoms with van der Waals surface area (Å²) in [5, 5.41) is 19.3. The molecule has 6 heteroatoms. The lowest BCUT2D eigenvalue weighted by molar-refractivity contribution is 0.101. The molecule has 186 valence electrons. The minimum Gasteiger partial charge on any atom is -0.507 e. The number of Topliss-reactive ketones (excluding diaryl/α,β-unsaturated/α-hetero) is 1. The van der Waals surface area contributed by atoms with Crippen molar-refractivity contribution in [2.45, 2.75) is 71.8 Å². The Labute approximate surface area is 208 Å². The molecule has 0 amide bonds. The fourth-order valence-electron chi connectivity index (χ4n) is 4.37. The van der Waals surface area contributed by atoms with Crippen LogP contribution in [0.5, 0.6) is 23.0 Å². The van der Waals surface area contributed by atoms with Crippen LogP contribution in [-0.2, 0) is 19.3 Å². The molecule has 1 heterocycles. The quantitative estimate of drug-likeness (QED) is 0.225. The molecule has 2 aromatic carbocycles. The van der Waals surface area contributed by atoms with Crippen molar-refractivity contribution in [1.82, 2.24) is 0 Å². The number of nitriles is 1. The van der Waals surface area contributed by atoms with Crippen LogP contribution < -0.4 is 14.2 Å². The molecule has 35 heavy (non-hydrogen) atoms. The molecule has 1 unspecified atom stereocenters. The van der Waals surface area contributed by atoms with E-state index in [9.17, 15) is 9.90 Å². The van der Waals surface area contributed by atoms with Crippen molar-refractivity contribution in [3.05, 3.63) is 58.7 Å². The zero-order chi connectivity index (χ0) is 25.2. The number of carbonyl (C=O) groups is 1. The van der Waals surface area contributed by atoms with Crippen LogP contribution in [0.1, 0.15) is 73.5 Å². The van der Waals surface area contributed by atoms with Crippen molar-refractivity contribution in [1.29, 1.82) is 5.26 Å². The summed E-state index contributed by atoms with van der Waals surface area (Å²) in [6.07, 6.45) is 8.94. The van der Waals surface area contributed by atoms with Gasteiger partial charge in [0, 0.05) is 23.6 Å². The average molecular weight is 478 g/mol. The molecule has 0 spiro atoms. The third kappa shape index (κ3) is 6.57. The van der Waals surface area contributed by atoms with Gasteiger partial charge in [-0.2, -0.15) is 5.26 Å². The van der Waals surface area contributed by atoms with Crippen LogP contribution in [0.3, 0.4) is 0 Å². The predicted molar refractivity (Wildman–Crippen MR) is 136 cm³/mol. The van der Waals surface area contributed by atoms with Crippen LogP contribution in [0.2, 0.25) is 0 Å². The first kappa shape index (κ1) is 26.2. The van der Waals surface area contributed by atoms with E-state index in [1.807, 2.05) is 25.1 Å². The smallest absolute Gasteiger partial charge is 0.163 e. The Hall–Kier alpha value is -3.46. The number of fused-ring (bicyclic) bond motifs is 1. The van der Waals surface area contributed by atoms with Gasteiger partial charge in [-0.3, -0.25) is 4.79 Å². The number of hydrogen-bond acceptors (Lipinski definition) is 6. The van der Waals surface area contributed by atoms with Crippen LogP contribution >= 0.6 is 0 Å². The first-order valence-electron chi connectivity index (χ1n) is 12.5. The molecule has 1 aliphatic heterocycles. The zero-order valence-corrected chi connectivity index (χ0v) is 20.9. The van der Waals surface area contributed by atoms with E-state index in [1.54, 1.807) is 12.1 Å². The molecule has 2 aromatic rings. The molecule has 0 bridgehead atoms. The molecular weight excluding hydrogens is 442 g/mol. The second-order valence-corrected chi connectivity index (χ2v) is 8.76. The van der Waals surface area contributed by atoms with E-state index in [1.165, 1.54) is 18.6 Å². The second kappa shape index (κ2) is 12.9. The van der Waals surface area contributed by atoms with Crippen LogP contribution in [0.25, 0.3) is 0 Å². The lowest BCUT2D eigenvalue weighted by Gasteiger charge is -2.27. The molecule has 1 aliphatic rings. The van der Waals surface area contributed by atoms with Crippen molar-refractivity contribution in [3.63, 3.8) is 0 Å². The van der Waals surface area contributed by atoms with E-state index in [4.69, 9.17) is 19.5 Å². The number of ketones is 1. The van der Waals surface area contributed by atoms with Gasteiger partial charge in [0.25, 0.3) is 0 Å². The first-order valence-corrected chi connectivity index (χ1v) is 12.5. The van der Waals surface area contributed by atoms with Gasteiger partial charge < -0.3 is 19.3 Å². The van der Waals surface area contributed by atoms with Gasteiger partial charge in [-0.1, -0.05) is 32.8 Å². The molecular formula is C29H35NO5. The van der Waals surface area contributed by atoms with Gasteiger partial charge in [0.1, 0.15) is 29.1 Å². The first-order chi connectivity index (χ1) is 17.0. The SMILES string of the molecule is CCCc1c(OCCCOc2ccc3c(c2CCC)OC(/C=C\C#N)CC3)ccc(C(C)=O)c1O. The third-order valence-corrected chi connectivity index (χ3v) is 6.07. The summed E-state index contributed by atoms with van der Waals surface area (Å²) in [6.45, 7) is 6.52. The molecule has 1 atom stereocenters. The maximum absolute atomic E-state index is 11.8. The van der Waals surface area contributed by atoms with Crippen molar-refractivity contribution >= 4 is 5.78 Å². The molecule has 1 N–H and O–H groups in total. The summed E-state index contributed by atoms with van der Waals surface area (Å²) in [6, 6.07) is 9.51. The largest absolute Gasteiger partial charge is 0.507 e. The van der Waals surface area contributed by atoms with Crippen molar-refractivity contribution in [2.24, 2.45) is 0 Å². The maximum atomic E-state index is 11.8. The highest BCUT2D eigenvalue weighted by atomic mass is 16.5. The standard InChI is InChI=1S/C29H35NO5/c1-4-8-24-26(16-14-23(20(3)31)28(24)32)33-18-7-19-34-27-15-12-21-11-13-22(10-6-17-30)35-29(21)25(27)9-5-2/h6,10,12,14-16,22,32H,4-5,7-9,11,13,18-19H2,1-3H3/b10-6-. The van der Waals surface area contributed by atoms with Crippen LogP contribution in [-0.4, -0.2) is 30.2 Å². The van der Waals surface area contributed by atoms with E-state index >= 15 is 0 Å². The molecule has 0 aromatic heterocycles. The number of ether oxygens (including phenoxy) is 3. The summed E-state index contributed by atoms with van der Waals surface area (Å²) in [5.74, 6) is 2.19. The summed E-state index contributed by atoms with van der Waals surface area (Å²) in [4.78, 5) is 11.8. The van der Waals surface area contributed by atoms with E-state index in [0.29, 0.717) is 42.9 Å². The Morgan fingerprint density at radius 2 is 1.77 bits per heavy atom. The highest BCUT2D eigenvalue weighted by molar-refractivity contribution is 5.97. The van der Waals surface area contributed by atoms with Gasteiger partial charge in [0.15, 0.2) is 5.78 Å². The Balaban J connectivity index is 1.63. The summed E-state index contributed by atoms with van der Waals surface area (Å²) in [5.41, 5.74) is 3.27. The normalized spacial score (nSPS) is 14.7. The lowest BCUT2D eigenvalue weighted by Crippen LogP contribution is -2.22. The molecule has 3 rings (SSSR count). The average Bonchev–Trinajstić information content (AvgIpc) is 2.85. The molecule has 0 saturated carbocycles. The molecule has 6 nitrogen and oxygen atoms in total. The zero-order valence-electron chi connectivity index (χ0n) is 20.9. The monoisotopic (exact) mass is 477 g/mol. The van der Waals surface area contributed by atoms with Gasteiger partial charge in [-0.05, 0) is 62.4 Å². The van der Waals surface area contributed by atoms with E-state index in [0.717, 1.165) is 49.2 Å². The highest BCUT2D eigenvalue weighted by Gasteiger charge is 2.23. The van der Waals surface area contributed by atoms with Gasteiger partial charge >= 0.3 is 0 Å². The number of rotatable bonds is 12. The Bertz CT molecular complexity index is 1100. The number of aryl methyl sites for hydroxylation is 1. The van der Waals surface area contributed by atoms with E-state index in [-0.39, 0.29) is 17.6 Å². The van der Waals surface area contributed by atoms with Crippen molar-refractivity contribution in [2.75, 3.05) is 13.2 Å². The van der Waals surface area contributed by atoms with E-state index < -0.39 is 0 Å². The summed E-state index contributed by atoms with van der Waals surface area (Å²) >= 11 is 0. The number of benzene rings is 2. The Morgan fingerprint density at radius 1 is 1.11 bits per heavy atom.